The Morgan fingerprint density at radius 3 is 2.79 bits per heavy atom. The number of fused-ring (bicyclic) bond motifs is 1. The zero-order valence-corrected chi connectivity index (χ0v) is 17.4. The zero-order valence-electron chi connectivity index (χ0n) is 15.7. The number of thiophene rings is 1. The quantitative estimate of drug-likeness (QED) is 0.520. The highest BCUT2D eigenvalue weighted by Crippen LogP contribution is 2.21. The summed E-state index contributed by atoms with van der Waals surface area (Å²) in [5.41, 5.74) is 0.195. The van der Waals surface area contributed by atoms with Crippen LogP contribution in [0.25, 0.3) is 0 Å². The van der Waals surface area contributed by atoms with Crippen LogP contribution in [0.15, 0.2) is 40.5 Å². The number of carbonyl (C=O) groups is 3. The number of sulfonamides is 1. The highest BCUT2D eigenvalue weighted by atomic mass is 32.2. The number of ether oxygens (including phenoxy) is 1. The summed E-state index contributed by atoms with van der Waals surface area (Å²) >= 11 is 1.22. The highest BCUT2D eigenvalue weighted by Gasteiger charge is 2.27. The molecular weight excluding hydrogens is 418 g/mol. The van der Waals surface area contributed by atoms with Crippen LogP contribution < -0.4 is 5.32 Å². The predicted octanol–water partition coefficient (Wildman–Crippen LogP) is 0.996. The molecule has 11 heteroatoms. The van der Waals surface area contributed by atoms with Gasteiger partial charge in [-0.15, -0.1) is 15.7 Å². The Balaban J connectivity index is 1.62. The van der Waals surface area contributed by atoms with Crippen LogP contribution in [0.1, 0.15) is 28.4 Å². The first-order valence-electron chi connectivity index (χ1n) is 8.72. The fourth-order valence-corrected chi connectivity index (χ4v) is 4.56. The Kier molecular flexibility index (Phi) is 5.99. The van der Waals surface area contributed by atoms with E-state index in [1.165, 1.54) is 43.5 Å². The fourth-order valence-electron chi connectivity index (χ4n) is 2.62. The smallest absolute Gasteiger partial charge is 0.340 e. The van der Waals surface area contributed by atoms with E-state index in [1.807, 2.05) is 0 Å². The summed E-state index contributed by atoms with van der Waals surface area (Å²) < 4.78 is 32.0. The fraction of sp³-hybridized carbons (Fsp3) is 0.333. The maximum Gasteiger partial charge on any atom is 0.340 e. The number of nitrogens with zero attached hydrogens (tertiary/aromatic N) is 2. The lowest BCUT2D eigenvalue weighted by Gasteiger charge is -2.27. The number of amides is 1. The zero-order chi connectivity index (χ0) is 21.2. The molecule has 3 rings (SSSR count). The molecule has 2 aliphatic rings. The molecule has 0 saturated heterocycles. The summed E-state index contributed by atoms with van der Waals surface area (Å²) in [4.78, 5) is 38.7. The Labute approximate surface area is 171 Å². The summed E-state index contributed by atoms with van der Waals surface area (Å²) in [6.45, 7) is 3.41. The molecule has 0 aliphatic carbocycles. The molecule has 0 radical (unpaired) electrons. The molecular formula is C18H19N3O6S2. The third-order valence-electron chi connectivity index (χ3n) is 4.13. The molecule has 0 spiro atoms. The molecule has 1 aromatic rings. The molecule has 0 saturated carbocycles. The highest BCUT2D eigenvalue weighted by molar-refractivity contribution is 7.90. The van der Waals surface area contributed by atoms with Crippen LogP contribution in [0.2, 0.25) is 0 Å². The number of amidine groups is 1. The van der Waals surface area contributed by atoms with Gasteiger partial charge in [0, 0.05) is 24.5 Å². The van der Waals surface area contributed by atoms with E-state index in [2.05, 4.69) is 9.71 Å². The van der Waals surface area contributed by atoms with E-state index in [1.54, 1.807) is 17.0 Å². The molecule has 9 nitrogen and oxygen atoms in total. The molecule has 2 aliphatic heterocycles. The Hall–Kier alpha value is -2.79. The molecule has 1 amide bonds. The SMILES string of the molecule is CC(=O)NCc1ccc(C(=O)C(C)OC(=O)C2=CN3CCS(=O)(=O)N=C3C=C2)s1. The van der Waals surface area contributed by atoms with E-state index in [0.717, 1.165) is 4.88 Å². The van der Waals surface area contributed by atoms with Crippen molar-refractivity contribution in [2.75, 3.05) is 12.3 Å². The van der Waals surface area contributed by atoms with E-state index in [0.29, 0.717) is 11.4 Å². The van der Waals surface area contributed by atoms with E-state index in [-0.39, 0.29) is 35.4 Å². The number of carbonyl (C=O) groups excluding carboxylic acids is 3. The van der Waals surface area contributed by atoms with Crippen LogP contribution in [0.5, 0.6) is 0 Å². The van der Waals surface area contributed by atoms with E-state index < -0.39 is 22.1 Å². The molecule has 1 unspecified atom stereocenters. The van der Waals surface area contributed by atoms with Crippen LogP contribution in [0.4, 0.5) is 0 Å². The minimum atomic E-state index is -3.48. The lowest BCUT2D eigenvalue weighted by Crippen LogP contribution is -2.37. The van der Waals surface area contributed by atoms with Gasteiger partial charge in [-0.05, 0) is 31.2 Å². The maximum atomic E-state index is 12.5. The van der Waals surface area contributed by atoms with E-state index in [4.69, 9.17) is 4.74 Å². The van der Waals surface area contributed by atoms with Crippen LogP contribution >= 0.6 is 11.3 Å². The van der Waals surface area contributed by atoms with Gasteiger partial charge in [-0.1, -0.05) is 0 Å². The van der Waals surface area contributed by atoms with Crippen LogP contribution in [0.3, 0.4) is 0 Å². The van der Waals surface area contributed by atoms with Gasteiger partial charge in [-0.25, -0.2) is 13.2 Å². The summed E-state index contributed by atoms with van der Waals surface area (Å²) in [7, 11) is -3.48. The summed E-state index contributed by atoms with van der Waals surface area (Å²) in [5.74, 6) is -1.10. The lowest BCUT2D eigenvalue weighted by atomic mass is 10.2. The van der Waals surface area contributed by atoms with Crippen molar-refractivity contribution in [2.45, 2.75) is 26.5 Å². The number of ketones is 1. The normalized spacial score (nSPS) is 18.2. The van der Waals surface area contributed by atoms with Crippen molar-refractivity contribution in [1.82, 2.24) is 10.2 Å². The minimum Gasteiger partial charge on any atom is -0.451 e. The van der Waals surface area contributed by atoms with Crippen molar-refractivity contribution in [2.24, 2.45) is 4.40 Å². The Morgan fingerprint density at radius 1 is 1.31 bits per heavy atom. The van der Waals surface area contributed by atoms with E-state index >= 15 is 0 Å². The molecule has 1 N–H and O–H groups in total. The molecule has 0 bridgehead atoms. The number of esters is 1. The third kappa shape index (κ3) is 5.18. The number of hydrogen-bond donors (Lipinski definition) is 1. The van der Waals surface area contributed by atoms with Crippen LogP contribution in [-0.4, -0.2) is 55.2 Å². The van der Waals surface area contributed by atoms with Crippen LogP contribution in [-0.2, 0) is 30.9 Å². The molecule has 3 heterocycles. The first-order chi connectivity index (χ1) is 13.6. The van der Waals surface area contributed by atoms with Gasteiger partial charge in [-0.3, -0.25) is 9.59 Å². The molecule has 1 atom stereocenters. The summed E-state index contributed by atoms with van der Waals surface area (Å²) in [5, 5.41) is 2.65. The topological polar surface area (TPSA) is 122 Å². The lowest BCUT2D eigenvalue weighted by molar-refractivity contribution is -0.141. The minimum absolute atomic E-state index is 0.142. The molecule has 0 aromatic carbocycles. The van der Waals surface area contributed by atoms with Gasteiger partial charge in [0.15, 0.2) is 6.10 Å². The number of nitrogens with one attached hydrogen (secondary N) is 1. The van der Waals surface area contributed by atoms with Gasteiger partial charge in [-0.2, -0.15) is 0 Å². The van der Waals surface area contributed by atoms with Crippen molar-refractivity contribution in [3.63, 3.8) is 0 Å². The largest absolute Gasteiger partial charge is 0.451 e. The average molecular weight is 437 g/mol. The van der Waals surface area contributed by atoms with Gasteiger partial charge in [0.25, 0.3) is 10.0 Å². The van der Waals surface area contributed by atoms with Gasteiger partial charge in [0.1, 0.15) is 5.84 Å². The third-order valence-corrected chi connectivity index (χ3v) is 6.39. The summed E-state index contributed by atoms with van der Waals surface area (Å²) in [6.07, 6.45) is 3.30. The standard InChI is InChI=1S/C18H19N3O6S2/c1-11(17(23)15-5-4-14(28-15)9-19-12(2)22)27-18(24)13-3-6-16-20-29(25,26)8-7-21(16)10-13/h3-6,10-11H,7-9H2,1-2H3,(H,19,22). The number of Topliss-reactive ketones (excluding diaryl/α,β-unsaturated/α-hetero) is 1. The second-order valence-electron chi connectivity index (χ2n) is 6.43. The monoisotopic (exact) mass is 437 g/mol. The van der Waals surface area contributed by atoms with Gasteiger partial charge >= 0.3 is 5.97 Å². The number of rotatable bonds is 6. The molecule has 29 heavy (non-hydrogen) atoms. The average Bonchev–Trinajstić information content (AvgIpc) is 3.13. The summed E-state index contributed by atoms with van der Waals surface area (Å²) in [6, 6.07) is 3.37. The van der Waals surface area contributed by atoms with Crippen molar-refractivity contribution in [3.05, 3.63) is 45.8 Å². The predicted molar refractivity (Wildman–Crippen MR) is 107 cm³/mol. The molecule has 0 fully saturated rings. The van der Waals surface area contributed by atoms with Crippen molar-refractivity contribution >= 4 is 44.9 Å². The van der Waals surface area contributed by atoms with Gasteiger partial charge < -0.3 is 15.0 Å². The molecule has 1 aromatic heterocycles. The van der Waals surface area contributed by atoms with Gasteiger partial charge in [0.2, 0.25) is 11.7 Å². The Bertz CT molecular complexity index is 1050. The molecule has 154 valence electrons. The second kappa shape index (κ2) is 8.29. The number of hydrogen-bond acceptors (Lipinski definition) is 8. The maximum absolute atomic E-state index is 12.5. The first kappa shape index (κ1) is 20.9. The van der Waals surface area contributed by atoms with Crippen molar-refractivity contribution < 1.29 is 27.5 Å². The van der Waals surface area contributed by atoms with Crippen LogP contribution in [0, 0.1) is 0 Å². The van der Waals surface area contributed by atoms with Crippen molar-refractivity contribution in [1.29, 1.82) is 0 Å². The second-order valence-corrected chi connectivity index (χ2v) is 9.36. The van der Waals surface area contributed by atoms with Gasteiger partial charge in [0.05, 0.1) is 22.7 Å². The van der Waals surface area contributed by atoms with Crippen molar-refractivity contribution in [3.8, 4) is 0 Å². The Morgan fingerprint density at radius 2 is 2.07 bits per heavy atom. The first-order valence-corrected chi connectivity index (χ1v) is 11.1. The van der Waals surface area contributed by atoms with E-state index in [9.17, 15) is 22.8 Å².